The minimum atomic E-state index is -3.70. The van der Waals surface area contributed by atoms with Gasteiger partial charge in [0.1, 0.15) is 0 Å². The van der Waals surface area contributed by atoms with Crippen LogP contribution < -0.4 is 4.72 Å². The van der Waals surface area contributed by atoms with E-state index in [1.807, 2.05) is 24.3 Å². The van der Waals surface area contributed by atoms with Crippen molar-refractivity contribution in [3.63, 3.8) is 0 Å². The largest absolute Gasteiger partial charge is 0.481 e. The summed E-state index contributed by atoms with van der Waals surface area (Å²) in [5.41, 5.74) is -0.830. The lowest BCUT2D eigenvalue weighted by molar-refractivity contribution is -0.137. The molecule has 0 aliphatic carbocycles. The van der Waals surface area contributed by atoms with Gasteiger partial charge in [-0.25, -0.2) is 13.1 Å². The van der Waals surface area contributed by atoms with Crippen LogP contribution in [-0.4, -0.2) is 25.0 Å². The summed E-state index contributed by atoms with van der Waals surface area (Å²) in [7, 11) is -3.70. The molecule has 2 aromatic rings. The third-order valence-electron chi connectivity index (χ3n) is 3.41. The van der Waals surface area contributed by atoms with Gasteiger partial charge in [0.05, 0.1) is 4.90 Å². The summed E-state index contributed by atoms with van der Waals surface area (Å²) in [6.45, 7) is 3.35. The van der Waals surface area contributed by atoms with Crippen LogP contribution in [0.25, 0.3) is 10.8 Å². The molecule has 0 aliphatic heterocycles. The number of rotatable bonds is 6. The molecule has 0 atom stereocenters. The molecule has 0 fully saturated rings. The molecule has 118 valence electrons. The molecular weight excluding hydrogens is 302 g/mol. The maximum absolute atomic E-state index is 12.5. The smallest absolute Gasteiger partial charge is 0.303 e. The lowest BCUT2D eigenvalue weighted by Gasteiger charge is -2.25. The van der Waals surface area contributed by atoms with Gasteiger partial charge in [0, 0.05) is 12.0 Å². The highest BCUT2D eigenvalue weighted by Crippen LogP contribution is 2.21. The van der Waals surface area contributed by atoms with E-state index in [1.54, 1.807) is 32.0 Å². The predicted octanol–water partition coefficient (Wildman–Crippen LogP) is 2.76. The molecule has 0 amide bonds. The second-order valence-electron chi connectivity index (χ2n) is 5.89. The Morgan fingerprint density at radius 3 is 2.41 bits per heavy atom. The Morgan fingerprint density at radius 2 is 1.77 bits per heavy atom. The molecule has 0 aromatic heterocycles. The number of carboxylic acid groups (broad SMARTS) is 1. The van der Waals surface area contributed by atoms with E-state index in [4.69, 9.17) is 5.11 Å². The van der Waals surface area contributed by atoms with Crippen molar-refractivity contribution in [1.29, 1.82) is 0 Å². The van der Waals surface area contributed by atoms with Crippen molar-refractivity contribution in [3.05, 3.63) is 42.5 Å². The minimum absolute atomic E-state index is 0.0900. The Morgan fingerprint density at radius 1 is 1.14 bits per heavy atom. The third-order valence-corrected chi connectivity index (χ3v) is 5.10. The topological polar surface area (TPSA) is 83.5 Å². The van der Waals surface area contributed by atoms with Crippen molar-refractivity contribution < 1.29 is 18.3 Å². The molecule has 0 radical (unpaired) electrons. The Bertz CT molecular complexity index is 797. The van der Waals surface area contributed by atoms with E-state index in [1.165, 1.54) is 0 Å². The lowest BCUT2D eigenvalue weighted by atomic mass is 10.0. The molecule has 2 N–H and O–H groups in total. The van der Waals surface area contributed by atoms with Crippen LogP contribution in [0.1, 0.15) is 26.7 Å². The molecule has 2 aromatic carbocycles. The first-order chi connectivity index (χ1) is 10.2. The van der Waals surface area contributed by atoms with E-state index in [-0.39, 0.29) is 17.7 Å². The minimum Gasteiger partial charge on any atom is -0.481 e. The van der Waals surface area contributed by atoms with Crippen molar-refractivity contribution in [1.82, 2.24) is 4.72 Å². The van der Waals surface area contributed by atoms with Crippen molar-refractivity contribution in [3.8, 4) is 0 Å². The highest BCUT2D eigenvalue weighted by molar-refractivity contribution is 7.89. The zero-order valence-corrected chi connectivity index (χ0v) is 13.4. The number of carbonyl (C=O) groups is 1. The van der Waals surface area contributed by atoms with E-state index >= 15 is 0 Å². The van der Waals surface area contributed by atoms with Gasteiger partial charge in [0.15, 0.2) is 0 Å². The predicted molar refractivity (Wildman–Crippen MR) is 85.2 cm³/mol. The molecule has 0 saturated heterocycles. The van der Waals surface area contributed by atoms with Gasteiger partial charge in [-0.2, -0.15) is 0 Å². The highest BCUT2D eigenvalue weighted by atomic mass is 32.2. The molecule has 0 heterocycles. The van der Waals surface area contributed by atoms with E-state index in [0.29, 0.717) is 0 Å². The average molecular weight is 321 g/mol. The van der Waals surface area contributed by atoms with E-state index in [9.17, 15) is 13.2 Å². The molecular formula is C16H19NO4S. The fourth-order valence-electron chi connectivity index (χ4n) is 2.23. The number of aliphatic carboxylic acids is 1. The molecule has 0 saturated carbocycles. The highest BCUT2D eigenvalue weighted by Gasteiger charge is 2.26. The van der Waals surface area contributed by atoms with Gasteiger partial charge < -0.3 is 5.11 Å². The first-order valence-electron chi connectivity index (χ1n) is 6.94. The fraction of sp³-hybridized carbons (Fsp3) is 0.312. The summed E-state index contributed by atoms with van der Waals surface area (Å²) in [5, 5.41) is 10.5. The SMILES string of the molecule is CC(C)(CCC(=O)O)NS(=O)(=O)c1ccc2ccccc2c1. The van der Waals surface area contributed by atoms with Crippen molar-refractivity contribution >= 4 is 26.8 Å². The monoisotopic (exact) mass is 321 g/mol. The van der Waals surface area contributed by atoms with Gasteiger partial charge in [-0.15, -0.1) is 0 Å². The zero-order chi connectivity index (χ0) is 16.4. The zero-order valence-electron chi connectivity index (χ0n) is 12.5. The fourth-order valence-corrected chi connectivity index (χ4v) is 3.70. The first-order valence-corrected chi connectivity index (χ1v) is 8.42. The van der Waals surface area contributed by atoms with E-state index < -0.39 is 21.5 Å². The number of hydrogen-bond donors (Lipinski definition) is 2. The number of benzene rings is 2. The first kappa shape index (κ1) is 16.5. The van der Waals surface area contributed by atoms with E-state index in [2.05, 4.69) is 4.72 Å². The van der Waals surface area contributed by atoms with Crippen LogP contribution in [0, 0.1) is 0 Å². The van der Waals surface area contributed by atoms with Gasteiger partial charge in [0.25, 0.3) is 0 Å². The number of carboxylic acids is 1. The second kappa shape index (κ2) is 6.06. The van der Waals surface area contributed by atoms with Crippen LogP contribution in [0.4, 0.5) is 0 Å². The number of nitrogens with one attached hydrogen (secondary N) is 1. The van der Waals surface area contributed by atoms with Crippen LogP contribution in [0.15, 0.2) is 47.4 Å². The maximum atomic E-state index is 12.5. The van der Waals surface area contributed by atoms with Crippen LogP contribution >= 0.6 is 0 Å². The maximum Gasteiger partial charge on any atom is 0.303 e. The molecule has 22 heavy (non-hydrogen) atoms. The standard InChI is InChI=1S/C16H19NO4S/c1-16(2,10-9-15(18)19)17-22(20,21)14-8-7-12-5-3-4-6-13(12)11-14/h3-8,11,17H,9-10H2,1-2H3,(H,18,19). The number of fused-ring (bicyclic) bond motifs is 1. The molecule has 0 aliphatic rings. The molecule has 0 unspecified atom stereocenters. The second-order valence-corrected chi connectivity index (χ2v) is 7.57. The Hall–Kier alpha value is -1.92. The molecule has 5 nitrogen and oxygen atoms in total. The van der Waals surface area contributed by atoms with Gasteiger partial charge in [0.2, 0.25) is 10.0 Å². The van der Waals surface area contributed by atoms with Gasteiger partial charge in [-0.3, -0.25) is 4.79 Å². The summed E-state index contributed by atoms with van der Waals surface area (Å²) >= 11 is 0. The van der Waals surface area contributed by atoms with E-state index in [0.717, 1.165) is 10.8 Å². The molecule has 6 heteroatoms. The van der Waals surface area contributed by atoms with Crippen LogP contribution in [0.3, 0.4) is 0 Å². The Balaban J connectivity index is 2.26. The normalized spacial score (nSPS) is 12.5. The lowest BCUT2D eigenvalue weighted by Crippen LogP contribution is -2.43. The summed E-state index contributed by atoms with van der Waals surface area (Å²) in [6.07, 6.45) is 0.127. The number of sulfonamides is 1. The summed E-state index contributed by atoms with van der Waals surface area (Å²) < 4.78 is 27.5. The van der Waals surface area contributed by atoms with Gasteiger partial charge in [-0.05, 0) is 43.2 Å². The molecule has 0 spiro atoms. The summed E-state index contributed by atoms with van der Waals surface area (Å²) in [5.74, 6) is -0.946. The molecule has 2 rings (SSSR count). The van der Waals surface area contributed by atoms with Crippen LogP contribution in [0.5, 0.6) is 0 Å². The Kier molecular flexibility index (Phi) is 4.53. The number of hydrogen-bond acceptors (Lipinski definition) is 3. The van der Waals surface area contributed by atoms with Crippen molar-refractivity contribution in [2.75, 3.05) is 0 Å². The summed E-state index contributed by atoms with van der Waals surface area (Å²) in [6, 6.07) is 12.4. The molecule has 0 bridgehead atoms. The average Bonchev–Trinajstić information content (AvgIpc) is 2.44. The van der Waals surface area contributed by atoms with Gasteiger partial charge >= 0.3 is 5.97 Å². The third kappa shape index (κ3) is 4.05. The Labute approximate surface area is 130 Å². The quantitative estimate of drug-likeness (QED) is 0.857. The van der Waals surface area contributed by atoms with Crippen molar-refractivity contribution in [2.24, 2.45) is 0 Å². The van der Waals surface area contributed by atoms with Crippen molar-refractivity contribution in [2.45, 2.75) is 37.1 Å². The van der Waals surface area contributed by atoms with Gasteiger partial charge in [-0.1, -0.05) is 30.3 Å². The summed E-state index contributed by atoms with van der Waals surface area (Å²) in [4.78, 5) is 10.8. The van der Waals surface area contributed by atoms with Crippen LogP contribution in [0.2, 0.25) is 0 Å². The van der Waals surface area contributed by atoms with Crippen LogP contribution in [-0.2, 0) is 14.8 Å².